The highest BCUT2D eigenvalue weighted by Crippen LogP contribution is 2.30. The Morgan fingerprint density at radius 2 is 1.22 bits per heavy atom. The molecular formula is C44H69BrO6Si3. The predicted molar refractivity (Wildman–Crippen MR) is 238 cm³/mol. The number of benzene rings is 3. The summed E-state index contributed by atoms with van der Waals surface area (Å²) in [5, 5.41) is 0. The lowest BCUT2D eigenvalue weighted by Crippen LogP contribution is -2.51. The fourth-order valence-corrected chi connectivity index (χ4v) is 20.6. The van der Waals surface area contributed by atoms with Crippen molar-refractivity contribution in [2.24, 2.45) is 0 Å². The molecule has 10 heteroatoms. The third-order valence-electron chi connectivity index (χ3n) is 9.23. The van der Waals surface area contributed by atoms with E-state index in [-0.39, 0.29) is 6.10 Å². The molecule has 0 radical (unpaired) electrons. The second-order valence-corrected chi connectivity index (χ2v) is 30.3. The summed E-state index contributed by atoms with van der Waals surface area (Å²) in [6, 6.07) is 22.4. The number of ether oxygens (including phenoxy) is 3. The predicted octanol–water partition coefficient (Wildman–Crippen LogP) is 14.3. The van der Waals surface area contributed by atoms with Gasteiger partial charge in [0.1, 0.15) is 17.2 Å². The normalized spacial score (nSPS) is 12.8. The maximum atomic E-state index is 12.9. The second kappa shape index (κ2) is 23.1. The summed E-state index contributed by atoms with van der Waals surface area (Å²) in [6.45, 7) is 21.0. The van der Waals surface area contributed by atoms with E-state index >= 15 is 0 Å². The molecule has 0 fully saturated rings. The molecule has 1 atom stereocenters. The summed E-state index contributed by atoms with van der Waals surface area (Å²) in [6.07, 6.45) is 16.1. The van der Waals surface area contributed by atoms with Crippen LogP contribution in [-0.2, 0) is 8.23 Å². The topological polar surface area (TPSA) is 63.2 Å². The first-order chi connectivity index (χ1) is 25.6. The molecule has 0 aliphatic carbocycles. The molecule has 0 amide bonds. The number of rotatable bonds is 26. The lowest BCUT2D eigenvalue weighted by atomic mass is 10.1. The Balaban J connectivity index is 1.27. The minimum atomic E-state index is -2.03. The molecule has 0 saturated carbocycles. The number of hydrogen-bond acceptors (Lipinski definition) is 6. The van der Waals surface area contributed by atoms with Crippen molar-refractivity contribution in [3.8, 4) is 28.4 Å². The van der Waals surface area contributed by atoms with Crippen LogP contribution in [-0.4, -0.2) is 43.9 Å². The van der Waals surface area contributed by atoms with Gasteiger partial charge in [0.05, 0.1) is 22.7 Å². The zero-order valence-electron chi connectivity index (χ0n) is 34.9. The van der Waals surface area contributed by atoms with Crippen molar-refractivity contribution in [1.29, 1.82) is 0 Å². The van der Waals surface area contributed by atoms with Crippen molar-refractivity contribution < 1.29 is 27.2 Å². The molecule has 0 aliphatic rings. The van der Waals surface area contributed by atoms with E-state index < -0.39 is 31.2 Å². The van der Waals surface area contributed by atoms with Gasteiger partial charge in [-0.1, -0.05) is 95.4 Å². The molecule has 54 heavy (non-hydrogen) atoms. The second-order valence-electron chi connectivity index (χ2n) is 16.8. The van der Waals surface area contributed by atoms with Gasteiger partial charge in [-0.15, -0.1) is 0 Å². The number of carbonyl (C=O) groups is 1. The van der Waals surface area contributed by atoms with E-state index in [0.29, 0.717) is 11.3 Å². The third-order valence-corrected chi connectivity index (χ3v) is 20.0. The van der Waals surface area contributed by atoms with Crippen LogP contribution in [0.15, 0.2) is 71.2 Å². The van der Waals surface area contributed by atoms with Crippen LogP contribution in [0.25, 0.3) is 11.1 Å². The Kier molecular flexibility index (Phi) is 19.8. The van der Waals surface area contributed by atoms with Crippen molar-refractivity contribution in [3.05, 3.63) is 76.8 Å². The van der Waals surface area contributed by atoms with Gasteiger partial charge >= 0.3 is 14.5 Å². The van der Waals surface area contributed by atoms with Crippen LogP contribution >= 0.6 is 15.9 Å². The standard InChI is InChI=1S/C44H69BrO6Si3/c1-10-11-19-22-36(2)48-43-32-27-39(35-42(43)45)44(46)49-41-30-25-38(26-31-41)37-23-28-40(29-24-37)47-33-20-17-15-13-12-14-16-18-21-34-53(6,7)51-54(8,9)50-52(3,4)5/h23-32,35-36H,10-22,33-34H2,1-9H3/t36-/m1/s1. The minimum absolute atomic E-state index is 0.116. The molecule has 0 unspecified atom stereocenters. The van der Waals surface area contributed by atoms with Crippen LogP contribution in [0.1, 0.15) is 108 Å². The van der Waals surface area contributed by atoms with Gasteiger partial charge in [-0.05, 0) is 148 Å². The minimum Gasteiger partial charge on any atom is -0.494 e. The summed E-state index contributed by atoms with van der Waals surface area (Å²) < 4.78 is 31.6. The molecule has 300 valence electrons. The maximum absolute atomic E-state index is 12.9. The van der Waals surface area contributed by atoms with Gasteiger partial charge in [0, 0.05) is 0 Å². The van der Waals surface area contributed by atoms with E-state index in [4.69, 9.17) is 22.4 Å². The molecule has 0 aromatic heterocycles. The number of hydrogen-bond donors (Lipinski definition) is 0. The molecule has 3 aromatic carbocycles. The van der Waals surface area contributed by atoms with E-state index in [1.807, 2.05) is 42.5 Å². The Bertz CT molecular complexity index is 1520. The monoisotopic (exact) mass is 856 g/mol. The molecule has 0 heterocycles. The lowest BCUT2D eigenvalue weighted by Gasteiger charge is -2.37. The fraction of sp³-hybridized carbons (Fsp3) is 0.568. The van der Waals surface area contributed by atoms with E-state index in [0.717, 1.165) is 53.0 Å². The van der Waals surface area contributed by atoms with Crippen LogP contribution in [0, 0.1) is 0 Å². The summed E-state index contributed by atoms with van der Waals surface area (Å²) in [7, 11) is -5.27. The number of unbranched alkanes of at least 4 members (excludes halogenated alkanes) is 10. The Labute approximate surface area is 339 Å². The summed E-state index contributed by atoms with van der Waals surface area (Å²) in [5.74, 6) is 1.72. The SMILES string of the molecule is CCCCC[C@@H](C)Oc1ccc(C(=O)Oc2ccc(-c3ccc(OCCCCCCCCCCC[Si](C)(C)O[Si](C)(C)O[Si](C)(C)C)cc3)cc2)cc1Br. The van der Waals surface area contributed by atoms with Gasteiger partial charge in [0.15, 0.2) is 16.6 Å². The van der Waals surface area contributed by atoms with Gasteiger partial charge in [-0.25, -0.2) is 4.79 Å². The molecule has 0 aliphatic heterocycles. The van der Waals surface area contributed by atoms with Crippen molar-refractivity contribution in [1.82, 2.24) is 0 Å². The fourth-order valence-electron chi connectivity index (χ4n) is 6.86. The van der Waals surface area contributed by atoms with Crippen molar-refractivity contribution >= 4 is 47.1 Å². The smallest absolute Gasteiger partial charge is 0.343 e. The molecule has 0 spiro atoms. The van der Waals surface area contributed by atoms with Crippen LogP contribution in [0.3, 0.4) is 0 Å². The van der Waals surface area contributed by atoms with E-state index in [9.17, 15) is 4.79 Å². The molecule has 6 nitrogen and oxygen atoms in total. The average molecular weight is 858 g/mol. The Morgan fingerprint density at radius 3 is 1.78 bits per heavy atom. The maximum Gasteiger partial charge on any atom is 0.343 e. The number of halogens is 1. The van der Waals surface area contributed by atoms with Crippen molar-refractivity contribution in [2.75, 3.05) is 6.61 Å². The van der Waals surface area contributed by atoms with Crippen LogP contribution in [0.4, 0.5) is 0 Å². The van der Waals surface area contributed by atoms with Gasteiger partial charge in [-0.3, -0.25) is 0 Å². The van der Waals surface area contributed by atoms with Crippen molar-refractivity contribution in [3.63, 3.8) is 0 Å². The lowest BCUT2D eigenvalue weighted by molar-refractivity contribution is 0.0734. The Hall–Kier alpha value is -2.22. The number of carbonyl (C=O) groups excluding carboxylic acids is 1. The molecule has 0 saturated heterocycles. The van der Waals surface area contributed by atoms with Gasteiger partial charge in [0.2, 0.25) is 0 Å². The van der Waals surface area contributed by atoms with Crippen LogP contribution < -0.4 is 14.2 Å². The molecule has 3 aromatic rings. The third kappa shape index (κ3) is 18.6. The van der Waals surface area contributed by atoms with Crippen LogP contribution in [0.2, 0.25) is 51.9 Å². The van der Waals surface area contributed by atoms with Gasteiger partial charge in [0.25, 0.3) is 0 Å². The van der Waals surface area contributed by atoms with Crippen molar-refractivity contribution in [2.45, 2.75) is 155 Å². The van der Waals surface area contributed by atoms with Crippen LogP contribution in [0.5, 0.6) is 17.2 Å². The highest BCUT2D eigenvalue weighted by molar-refractivity contribution is 9.10. The van der Waals surface area contributed by atoms with E-state index in [1.165, 1.54) is 70.3 Å². The van der Waals surface area contributed by atoms with Gasteiger partial charge in [-0.2, -0.15) is 0 Å². The summed E-state index contributed by atoms with van der Waals surface area (Å²) >= 11 is 3.56. The first kappa shape index (κ1) is 46.2. The first-order valence-electron chi connectivity index (χ1n) is 20.5. The Morgan fingerprint density at radius 1 is 0.667 bits per heavy atom. The molecule has 0 N–H and O–H groups in total. The highest BCUT2D eigenvalue weighted by Gasteiger charge is 2.37. The zero-order chi connectivity index (χ0) is 39.6. The van der Waals surface area contributed by atoms with Gasteiger partial charge < -0.3 is 22.4 Å². The quantitative estimate of drug-likeness (QED) is 0.0347. The summed E-state index contributed by atoms with van der Waals surface area (Å²) in [4.78, 5) is 12.9. The zero-order valence-corrected chi connectivity index (χ0v) is 39.4. The van der Waals surface area contributed by atoms with E-state index in [2.05, 4.69) is 87.7 Å². The molecule has 0 bridgehead atoms. The molecule has 3 rings (SSSR count). The molecular weight excluding hydrogens is 789 g/mol. The largest absolute Gasteiger partial charge is 0.494 e. The first-order valence-corrected chi connectivity index (χ1v) is 30.6. The van der Waals surface area contributed by atoms with E-state index in [1.54, 1.807) is 12.1 Å². The summed E-state index contributed by atoms with van der Waals surface area (Å²) in [5.41, 5.74) is 2.60. The number of esters is 1. The average Bonchev–Trinajstić information content (AvgIpc) is 3.08. The highest BCUT2D eigenvalue weighted by atomic mass is 79.9.